The maximum atomic E-state index is 12.6. The average molecular weight is 472 g/mol. The first kappa shape index (κ1) is 24.1. The number of nitrogens with zero attached hydrogens (tertiary/aromatic N) is 1. The van der Waals surface area contributed by atoms with E-state index in [0.717, 1.165) is 42.5 Å². The van der Waals surface area contributed by atoms with Crippen LogP contribution in [0.15, 0.2) is 29.4 Å². The van der Waals surface area contributed by atoms with Gasteiger partial charge in [-0.1, -0.05) is 18.6 Å². The van der Waals surface area contributed by atoms with E-state index in [9.17, 15) is 19.2 Å². The van der Waals surface area contributed by atoms with E-state index in [1.165, 1.54) is 24.7 Å². The van der Waals surface area contributed by atoms with Crippen molar-refractivity contribution in [1.82, 2.24) is 5.43 Å². The largest absolute Gasteiger partial charge is 0.465 e. The van der Waals surface area contributed by atoms with Gasteiger partial charge in [0.25, 0.3) is 0 Å². The predicted octanol–water partition coefficient (Wildman–Crippen LogP) is 3.07. The van der Waals surface area contributed by atoms with Gasteiger partial charge < -0.3 is 14.8 Å². The highest BCUT2D eigenvalue weighted by Crippen LogP contribution is 2.38. The molecule has 1 aliphatic rings. The van der Waals surface area contributed by atoms with E-state index in [4.69, 9.17) is 4.74 Å². The summed E-state index contributed by atoms with van der Waals surface area (Å²) in [6.07, 6.45) is 5.95. The lowest BCUT2D eigenvalue weighted by molar-refractivity contribution is -0.136. The molecule has 1 aliphatic carbocycles. The monoisotopic (exact) mass is 471 g/mol. The molecular formula is C23H25N3O6S. The molecular weight excluding hydrogens is 446 g/mol. The van der Waals surface area contributed by atoms with Gasteiger partial charge in [0.05, 0.1) is 31.1 Å². The summed E-state index contributed by atoms with van der Waals surface area (Å²) in [5.41, 5.74) is 4.39. The van der Waals surface area contributed by atoms with Crippen LogP contribution in [0.4, 0.5) is 5.00 Å². The molecule has 0 radical (unpaired) electrons. The molecule has 0 aliphatic heterocycles. The smallest absolute Gasteiger partial charge is 0.341 e. The highest BCUT2D eigenvalue weighted by Gasteiger charge is 2.27. The Labute approximate surface area is 195 Å². The van der Waals surface area contributed by atoms with E-state index >= 15 is 0 Å². The van der Waals surface area contributed by atoms with Gasteiger partial charge in [0, 0.05) is 4.88 Å². The summed E-state index contributed by atoms with van der Waals surface area (Å²) in [6.45, 7) is 1.93. The molecule has 174 valence electrons. The Balaban J connectivity index is 1.67. The molecule has 33 heavy (non-hydrogen) atoms. The van der Waals surface area contributed by atoms with Crippen molar-refractivity contribution in [3.05, 3.63) is 51.4 Å². The summed E-state index contributed by atoms with van der Waals surface area (Å²) in [6, 6.07) is 6.34. The minimum atomic E-state index is -0.976. The number of fused-ring (bicyclic) bond motifs is 1. The average Bonchev–Trinajstić information content (AvgIpc) is 2.99. The highest BCUT2D eigenvalue weighted by atomic mass is 32.1. The van der Waals surface area contributed by atoms with Crippen molar-refractivity contribution in [2.24, 2.45) is 5.10 Å². The lowest BCUT2D eigenvalue weighted by Crippen LogP contribution is -2.32. The molecule has 0 fully saturated rings. The van der Waals surface area contributed by atoms with E-state index in [1.54, 1.807) is 31.2 Å². The zero-order valence-corrected chi connectivity index (χ0v) is 19.3. The minimum absolute atomic E-state index is 0.215. The quantitative estimate of drug-likeness (QED) is 0.219. The number of rotatable bonds is 6. The standard InChI is InChI=1S/C23H25N3O6S/c1-3-32-23(30)18-16-7-5-4-6-8-17(16)33-21(18)25-19(27)20(28)26-24-13-14-9-11-15(12-10-14)22(29)31-2/h9-13H,3-8H2,1-2H3,(H,25,27)(H,26,28). The van der Waals surface area contributed by atoms with Crippen LogP contribution in [0.2, 0.25) is 0 Å². The lowest BCUT2D eigenvalue weighted by Gasteiger charge is -2.08. The summed E-state index contributed by atoms with van der Waals surface area (Å²) in [5.74, 6) is -2.87. The number of hydrogen-bond donors (Lipinski definition) is 2. The fourth-order valence-electron chi connectivity index (χ4n) is 3.45. The van der Waals surface area contributed by atoms with Gasteiger partial charge in [-0.2, -0.15) is 5.10 Å². The molecule has 0 saturated carbocycles. The highest BCUT2D eigenvalue weighted by molar-refractivity contribution is 7.17. The maximum absolute atomic E-state index is 12.6. The van der Waals surface area contributed by atoms with Gasteiger partial charge in [-0.3, -0.25) is 9.59 Å². The van der Waals surface area contributed by atoms with Crippen LogP contribution in [0.25, 0.3) is 0 Å². The van der Waals surface area contributed by atoms with Gasteiger partial charge in [-0.15, -0.1) is 11.3 Å². The minimum Gasteiger partial charge on any atom is -0.465 e. The molecule has 2 N–H and O–H groups in total. The predicted molar refractivity (Wildman–Crippen MR) is 124 cm³/mol. The Hall–Kier alpha value is -3.53. The van der Waals surface area contributed by atoms with E-state index in [-0.39, 0.29) is 6.61 Å². The third-order valence-electron chi connectivity index (χ3n) is 5.05. The molecule has 1 aromatic carbocycles. The van der Waals surface area contributed by atoms with Gasteiger partial charge in [0.2, 0.25) is 0 Å². The molecule has 0 spiro atoms. The Morgan fingerprint density at radius 2 is 1.76 bits per heavy atom. The third kappa shape index (κ3) is 6.04. The maximum Gasteiger partial charge on any atom is 0.341 e. The molecule has 0 saturated heterocycles. The van der Waals surface area contributed by atoms with E-state index in [0.29, 0.717) is 21.7 Å². The van der Waals surface area contributed by atoms with Crippen molar-refractivity contribution in [2.75, 3.05) is 19.0 Å². The molecule has 0 bridgehead atoms. The third-order valence-corrected chi connectivity index (χ3v) is 6.25. The number of carbonyl (C=O) groups excluding carboxylic acids is 4. The zero-order chi connectivity index (χ0) is 23.8. The molecule has 2 amide bonds. The molecule has 1 heterocycles. The summed E-state index contributed by atoms with van der Waals surface area (Å²) in [5, 5.41) is 6.64. The van der Waals surface area contributed by atoms with E-state index < -0.39 is 23.8 Å². The summed E-state index contributed by atoms with van der Waals surface area (Å²) < 4.78 is 9.81. The number of esters is 2. The number of hydrogen-bond acceptors (Lipinski definition) is 8. The SMILES string of the molecule is CCOC(=O)c1c(NC(=O)C(=O)NN=Cc2ccc(C(=O)OC)cc2)sc2c1CCCCC2. The number of aryl methyl sites for hydroxylation is 1. The van der Waals surface area contributed by atoms with E-state index in [2.05, 4.69) is 20.6 Å². The Bertz CT molecular complexity index is 1070. The number of anilines is 1. The van der Waals surface area contributed by atoms with Crippen molar-refractivity contribution in [1.29, 1.82) is 0 Å². The number of nitrogens with one attached hydrogen (secondary N) is 2. The number of thiophene rings is 1. The lowest BCUT2D eigenvalue weighted by atomic mass is 10.1. The van der Waals surface area contributed by atoms with Crippen molar-refractivity contribution >= 4 is 46.3 Å². The van der Waals surface area contributed by atoms with Gasteiger partial charge in [-0.05, 0) is 55.9 Å². The topological polar surface area (TPSA) is 123 Å². The Morgan fingerprint density at radius 3 is 2.45 bits per heavy atom. The molecule has 10 heteroatoms. The molecule has 0 atom stereocenters. The first-order valence-electron chi connectivity index (χ1n) is 10.6. The number of carbonyl (C=O) groups is 4. The number of methoxy groups -OCH3 is 1. The molecule has 9 nitrogen and oxygen atoms in total. The van der Waals surface area contributed by atoms with Gasteiger partial charge in [0.15, 0.2) is 0 Å². The van der Waals surface area contributed by atoms with E-state index in [1.807, 2.05) is 0 Å². The second-order valence-electron chi connectivity index (χ2n) is 7.26. The molecule has 2 aromatic rings. The first-order valence-corrected chi connectivity index (χ1v) is 11.4. The number of hydrazone groups is 1. The van der Waals surface area contributed by atoms with Crippen molar-refractivity contribution in [2.45, 2.75) is 39.0 Å². The fraction of sp³-hybridized carbons (Fsp3) is 0.348. The summed E-state index contributed by atoms with van der Waals surface area (Å²) in [4.78, 5) is 49.7. The van der Waals surface area contributed by atoms with Gasteiger partial charge >= 0.3 is 23.8 Å². The van der Waals surface area contributed by atoms with Crippen LogP contribution in [0.3, 0.4) is 0 Å². The summed E-state index contributed by atoms with van der Waals surface area (Å²) >= 11 is 1.31. The van der Waals surface area contributed by atoms with Crippen LogP contribution in [-0.4, -0.2) is 43.7 Å². The second-order valence-corrected chi connectivity index (χ2v) is 8.36. The van der Waals surface area contributed by atoms with Crippen LogP contribution < -0.4 is 10.7 Å². The summed E-state index contributed by atoms with van der Waals surface area (Å²) in [7, 11) is 1.29. The normalized spacial score (nSPS) is 13.0. The molecule has 3 rings (SSSR count). The second kappa shape index (κ2) is 11.4. The zero-order valence-electron chi connectivity index (χ0n) is 18.4. The molecule has 0 unspecified atom stereocenters. The van der Waals surface area contributed by atoms with Crippen LogP contribution in [-0.2, 0) is 31.9 Å². The van der Waals surface area contributed by atoms with Gasteiger partial charge in [0.1, 0.15) is 5.00 Å². The van der Waals surface area contributed by atoms with Crippen molar-refractivity contribution < 1.29 is 28.7 Å². The Kier molecular flexibility index (Phi) is 8.31. The molecule has 1 aromatic heterocycles. The van der Waals surface area contributed by atoms with Crippen LogP contribution >= 0.6 is 11.3 Å². The van der Waals surface area contributed by atoms with Crippen LogP contribution in [0.1, 0.15) is 62.9 Å². The fourth-order valence-corrected chi connectivity index (χ4v) is 4.72. The van der Waals surface area contributed by atoms with Crippen LogP contribution in [0.5, 0.6) is 0 Å². The Morgan fingerprint density at radius 1 is 1.03 bits per heavy atom. The van der Waals surface area contributed by atoms with Crippen molar-refractivity contribution in [3.8, 4) is 0 Å². The number of amides is 2. The number of benzene rings is 1. The number of ether oxygens (including phenoxy) is 2. The van der Waals surface area contributed by atoms with Crippen LogP contribution in [0, 0.1) is 0 Å². The first-order chi connectivity index (χ1) is 15.9. The van der Waals surface area contributed by atoms with Gasteiger partial charge in [-0.25, -0.2) is 15.0 Å². The van der Waals surface area contributed by atoms with Crippen molar-refractivity contribution in [3.63, 3.8) is 0 Å².